The molecule has 1 unspecified atom stereocenters. The van der Waals surface area contributed by atoms with Crippen molar-refractivity contribution in [1.82, 2.24) is 5.32 Å². The Morgan fingerprint density at radius 3 is 2.91 bits per heavy atom. The molecule has 0 spiro atoms. The Labute approximate surface area is 134 Å². The van der Waals surface area contributed by atoms with Crippen LogP contribution in [0, 0.1) is 0 Å². The Morgan fingerprint density at radius 2 is 2.18 bits per heavy atom. The summed E-state index contributed by atoms with van der Waals surface area (Å²) in [5.41, 5.74) is 2.50. The molecule has 0 saturated carbocycles. The minimum Gasteiger partial charge on any atom is -0.492 e. The van der Waals surface area contributed by atoms with Crippen molar-refractivity contribution in [1.29, 1.82) is 0 Å². The van der Waals surface area contributed by atoms with E-state index >= 15 is 0 Å². The second-order valence-corrected chi connectivity index (χ2v) is 5.94. The van der Waals surface area contributed by atoms with Gasteiger partial charge in [-0.2, -0.15) is 0 Å². The van der Waals surface area contributed by atoms with E-state index in [1.54, 1.807) is 7.11 Å². The molecule has 2 rings (SSSR count). The number of benzene rings is 1. The van der Waals surface area contributed by atoms with Gasteiger partial charge in [-0.05, 0) is 50.8 Å². The average Bonchev–Trinajstić information content (AvgIpc) is 2.53. The highest BCUT2D eigenvalue weighted by Crippen LogP contribution is 2.34. The molecule has 1 atom stereocenters. The number of hydrogen-bond acceptors (Lipinski definition) is 4. The van der Waals surface area contributed by atoms with Gasteiger partial charge in [0, 0.05) is 32.8 Å². The molecular formula is C18H30N2O2. The van der Waals surface area contributed by atoms with Crippen molar-refractivity contribution in [2.45, 2.75) is 45.7 Å². The number of piperidine rings is 1. The zero-order valence-corrected chi connectivity index (χ0v) is 14.2. The fourth-order valence-corrected chi connectivity index (χ4v) is 3.04. The first-order chi connectivity index (χ1) is 10.8. The van der Waals surface area contributed by atoms with Crippen LogP contribution in [-0.2, 0) is 11.3 Å². The number of anilines is 1. The summed E-state index contributed by atoms with van der Waals surface area (Å²) >= 11 is 0. The van der Waals surface area contributed by atoms with E-state index in [2.05, 4.69) is 35.3 Å². The number of ether oxygens (including phenoxy) is 2. The average molecular weight is 306 g/mol. The topological polar surface area (TPSA) is 33.7 Å². The molecule has 0 aromatic heterocycles. The van der Waals surface area contributed by atoms with Crippen molar-refractivity contribution in [2.24, 2.45) is 0 Å². The Balaban J connectivity index is 2.08. The summed E-state index contributed by atoms with van der Waals surface area (Å²) in [4.78, 5) is 2.50. The van der Waals surface area contributed by atoms with E-state index in [0.29, 0.717) is 12.6 Å². The highest BCUT2D eigenvalue weighted by atomic mass is 16.5. The van der Waals surface area contributed by atoms with Crippen LogP contribution < -0.4 is 15.0 Å². The van der Waals surface area contributed by atoms with Crippen LogP contribution in [0.15, 0.2) is 18.2 Å². The summed E-state index contributed by atoms with van der Waals surface area (Å²) in [5.74, 6) is 1.02. The summed E-state index contributed by atoms with van der Waals surface area (Å²) < 4.78 is 11.0. The van der Waals surface area contributed by atoms with Crippen LogP contribution in [0.2, 0.25) is 0 Å². The van der Waals surface area contributed by atoms with Crippen LogP contribution in [0.1, 0.15) is 38.7 Å². The first kappa shape index (κ1) is 17.1. The molecule has 4 heteroatoms. The molecule has 0 aliphatic carbocycles. The van der Waals surface area contributed by atoms with Crippen LogP contribution in [-0.4, -0.2) is 39.5 Å². The second-order valence-electron chi connectivity index (χ2n) is 5.94. The number of methoxy groups -OCH3 is 1. The van der Waals surface area contributed by atoms with Crippen molar-refractivity contribution in [3.63, 3.8) is 0 Å². The van der Waals surface area contributed by atoms with E-state index in [9.17, 15) is 0 Å². The van der Waals surface area contributed by atoms with Crippen LogP contribution in [0.5, 0.6) is 5.75 Å². The van der Waals surface area contributed by atoms with E-state index in [1.165, 1.54) is 30.5 Å². The van der Waals surface area contributed by atoms with Gasteiger partial charge < -0.3 is 19.7 Å². The lowest BCUT2D eigenvalue weighted by molar-refractivity contribution is 0.199. The smallest absolute Gasteiger partial charge is 0.142 e. The zero-order chi connectivity index (χ0) is 15.8. The molecule has 1 N–H and O–H groups in total. The molecule has 1 fully saturated rings. The van der Waals surface area contributed by atoms with E-state index in [1.807, 2.05) is 6.92 Å². The normalized spacial score (nSPS) is 18.5. The molecule has 0 radical (unpaired) electrons. The molecular weight excluding hydrogens is 276 g/mol. The first-order valence-electron chi connectivity index (χ1n) is 8.48. The summed E-state index contributed by atoms with van der Waals surface area (Å²) in [5, 5.41) is 3.39. The maximum atomic E-state index is 5.91. The maximum Gasteiger partial charge on any atom is 0.142 e. The zero-order valence-electron chi connectivity index (χ0n) is 14.2. The SMILES string of the molecule is CCOc1cc(CNCCOC)ccc1N1CCCCC1C. The van der Waals surface area contributed by atoms with Gasteiger partial charge in [0.2, 0.25) is 0 Å². The Kier molecular flexibility index (Phi) is 7.00. The van der Waals surface area contributed by atoms with Gasteiger partial charge in [0.25, 0.3) is 0 Å². The lowest BCUT2D eigenvalue weighted by Crippen LogP contribution is -2.37. The lowest BCUT2D eigenvalue weighted by Gasteiger charge is -2.36. The van der Waals surface area contributed by atoms with Gasteiger partial charge in [-0.1, -0.05) is 6.07 Å². The fourth-order valence-electron chi connectivity index (χ4n) is 3.04. The molecule has 4 nitrogen and oxygen atoms in total. The van der Waals surface area contributed by atoms with Crippen molar-refractivity contribution in [3.8, 4) is 5.75 Å². The highest BCUT2D eigenvalue weighted by molar-refractivity contribution is 5.60. The summed E-state index contributed by atoms with van der Waals surface area (Å²) in [6.45, 7) is 8.65. The molecule has 1 heterocycles. The number of nitrogens with zero attached hydrogens (tertiary/aromatic N) is 1. The lowest BCUT2D eigenvalue weighted by atomic mass is 10.0. The van der Waals surface area contributed by atoms with Gasteiger partial charge in [0.05, 0.1) is 18.9 Å². The minimum atomic E-state index is 0.596. The number of nitrogens with one attached hydrogen (secondary N) is 1. The predicted molar refractivity (Wildman–Crippen MR) is 91.9 cm³/mol. The van der Waals surface area contributed by atoms with Crippen LogP contribution >= 0.6 is 0 Å². The van der Waals surface area contributed by atoms with Gasteiger partial charge >= 0.3 is 0 Å². The predicted octanol–water partition coefficient (Wildman–Crippen LogP) is 3.20. The third-order valence-corrected chi connectivity index (χ3v) is 4.25. The van der Waals surface area contributed by atoms with E-state index in [0.717, 1.165) is 32.0 Å². The summed E-state index contributed by atoms with van der Waals surface area (Å²) in [6, 6.07) is 7.21. The first-order valence-corrected chi connectivity index (χ1v) is 8.48. The molecule has 1 saturated heterocycles. The molecule has 1 aromatic rings. The van der Waals surface area contributed by atoms with E-state index in [4.69, 9.17) is 9.47 Å². The van der Waals surface area contributed by atoms with Crippen LogP contribution in [0.4, 0.5) is 5.69 Å². The van der Waals surface area contributed by atoms with Gasteiger partial charge in [-0.3, -0.25) is 0 Å². The Morgan fingerprint density at radius 1 is 1.32 bits per heavy atom. The third-order valence-electron chi connectivity index (χ3n) is 4.25. The van der Waals surface area contributed by atoms with E-state index in [-0.39, 0.29) is 0 Å². The van der Waals surface area contributed by atoms with Gasteiger partial charge in [0.1, 0.15) is 5.75 Å². The van der Waals surface area contributed by atoms with Crippen molar-refractivity contribution < 1.29 is 9.47 Å². The molecule has 22 heavy (non-hydrogen) atoms. The minimum absolute atomic E-state index is 0.596. The molecule has 124 valence electrons. The number of hydrogen-bond donors (Lipinski definition) is 1. The Hall–Kier alpha value is -1.26. The standard InChI is InChI=1S/C18H30N2O2/c1-4-22-18-13-16(14-19-10-12-21-3)8-9-17(18)20-11-6-5-7-15(20)2/h8-9,13,15,19H,4-7,10-12,14H2,1-3H3. The molecule has 1 aliphatic rings. The molecule has 0 amide bonds. The van der Waals surface area contributed by atoms with Gasteiger partial charge in [-0.25, -0.2) is 0 Å². The monoisotopic (exact) mass is 306 g/mol. The maximum absolute atomic E-state index is 5.91. The fraction of sp³-hybridized carbons (Fsp3) is 0.667. The van der Waals surface area contributed by atoms with E-state index < -0.39 is 0 Å². The summed E-state index contributed by atoms with van der Waals surface area (Å²) in [7, 11) is 1.73. The van der Waals surface area contributed by atoms with Gasteiger partial charge in [0.15, 0.2) is 0 Å². The quantitative estimate of drug-likeness (QED) is 0.748. The van der Waals surface area contributed by atoms with Crippen molar-refractivity contribution in [3.05, 3.63) is 23.8 Å². The molecule has 1 aliphatic heterocycles. The summed E-state index contributed by atoms with van der Waals surface area (Å²) in [6.07, 6.45) is 3.88. The van der Waals surface area contributed by atoms with Crippen LogP contribution in [0.3, 0.4) is 0 Å². The Bertz CT molecular complexity index is 451. The molecule has 1 aromatic carbocycles. The largest absolute Gasteiger partial charge is 0.492 e. The van der Waals surface area contributed by atoms with Gasteiger partial charge in [-0.15, -0.1) is 0 Å². The highest BCUT2D eigenvalue weighted by Gasteiger charge is 2.21. The number of rotatable bonds is 8. The molecule has 0 bridgehead atoms. The van der Waals surface area contributed by atoms with Crippen molar-refractivity contribution >= 4 is 5.69 Å². The second kappa shape index (κ2) is 9.01. The third kappa shape index (κ3) is 4.62. The van der Waals surface area contributed by atoms with Crippen LogP contribution in [0.25, 0.3) is 0 Å². The van der Waals surface area contributed by atoms with Crippen molar-refractivity contribution in [2.75, 3.05) is 38.3 Å².